The Labute approximate surface area is 115 Å². The monoisotopic (exact) mass is 254 g/mol. The van der Waals surface area contributed by atoms with Gasteiger partial charge >= 0.3 is 0 Å². The molecule has 1 saturated heterocycles. The zero-order valence-electron chi connectivity index (χ0n) is 13.3. The van der Waals surface area contributed by atoms with Crippen molar-refractivity contribution in [3.63, 3.8) is 0 Å². The van der Waals surface area contributed by atoms with Crippen molar-refractivity contribution in [1.29, 1.82) is 0 Å². The largest absolute Gasteiger partial charge is 0.312 e. The summed E-state index contributed by atoms with van der Waals surface area (Å²) in [6.45, 7) is 16.5. The molecule has 0 aromatic heterocycles. The summed E-state index contributed by atoms with van der Waals surface area (Å²) >= 11 is 0. The number of nitrogens with one attached hydrogen (secondary N) is 1. The first kappa shape index (κ1) is 16.0. The van der Waals surface area contributed by atoms with Crippen LogP contribution in [0.1, 0.15) is 60.3 Å². The standard InChI is InChI=1S/C16H34N2/c1-6-14-9-8-11-18(12-10-14)13-15(17-7-2)16(3,4)5/h14-15,17H,6-13H2,1-5H3. The lowest BCUT2D eigenvalue weighted by Gasteiger charge is -2.35. The van der Waals surface area contributed by atoms with Gasteiger partial charge in [0.25, 0.3) is 0 Å². The molecule has 0 radical (unpaired) electrons. The molecule has 0 aromatic rings. The van der Waals surface area contributed by atoms with Crippen LogP contribution in [0.15, 0.2) is 0 Å². The van der Waals surface area contributed by atoms with Crippen molar-refractivity contribution in [2.45, 2.75) is 66.3 Å². The minimum Gasteiger partial charge on any atom is -0.312 e. The Bertz CT molecular complexity index is 220. The van der Waals surface area contributed by atoms with E-state index >= 15 is 0 Å². The summed E-state index contributed by atoms with van der Waals surface area (Å²) in [5, 5.41) is 3.67. The van der Waals surface area contributed by atoms with Crippen LogP contribution in [0.2, 0.25) is 0 Å². The van der Waals surface area contributed by atoms with Gasteiger partial charge in [-0.15, -0.1) is 0 Å². The first-order valence-corrected chi connectivity index (χ1v) is 7.93. The van der Waals surface area contributed by atoms with Crippen molar-refractivity contribution in [3.8, 4) is 0 Å². The van der Waals surface area contributed by atoms with Gasteiger partial charge in [0.05, 0.1) is 0 Å². The Morgan fingerprint density at radius 2 is 1.89 bits per heavy atom. The lowest BCUT2D eigenvalue weighted by molar-refractivity contribution is 0.176. The van der Waals surface area contributed by atoms with Gasteiger partial charge in [0.1, 0.15) is 0 Å². The van der Waals surface area contributed by atoms with E-state index in [-0.39, 0.29) is 0 Å². The molecule has 0 saturated carbocycles. The van der Waals surface area contributed by atoms with Gasteiger partial charge in [0, 0.05) is 12.6 Å². The first-order chi connectivity index (χ1) is 8.47. The van der Waals surface area contributed by atoms with Gasteiger partial charge in [-0.1, -0.05) is 41.0 Å². The van der Waals surface area contributed by atoms with E-state index in [1.54, 1.807) is 0 Å². The fourth-order valence-corrected chi connectivity index (χ4v) is 2.96. The van der Waals surface area contributed by atoms with Crippen LogP contribution in [0.3, 0.4) is 0 Å². The van der Waals surface area contributed by atoms with Crippen LogP contribution in [-0.4, -0.2) is 37.1 Å². The zero-order valence-corrected chi connectivity index (χ0v) is 13.3. The van der Waals surface area contributed by atoms with E-state index in [0.717, 1.165) is 12.5 Å². The van der Waals surface area contributed by atoms with Gasteiger partial charge < -0.3 is 10.2 Å². The van der Waals surface area contributed by atoms with Crippen molar-refractivity contribution in [3.05, 3.63) is 0 Å². The average molecular weight is 254 g/mol. The molecule has 1 aliphatic rings. The second kappa shape index (κ2) is 7.49. The molecule has 2 unspecified atom stereocenters. The number of likely N-dealkylation sites (tertiary alicyclic amines) is 1. The average Bonchev–Trinajstić information content (AvgIpc) is 2.52. The van der Waals surface area contributed by atoms with Gasteiger partial charge in [-0.2, -0.15) is 0 Å². The van der Waals surface area contributed by atoms with Crippen molar-refractivity contribution in [2.24, 2.45) is 11.3 Å². The highest BCUT2D eigenvalue weighted by atomic mass is 15.2. The molecule has 0 aliphatic carbocycles. The molecule has 1 rings (SSSR count). The van der Waals surface area contributed by atoms with E-state index in [2.05, 4.69) is 44.8 Å². The maximum Gasteiger partial charge on any atom is 0.0243 e. The third-order valence-electron chi connectivity index (χ3n) is 4.45. The van der Waals surface area contributed by atoms with E-state index in [4.69, 9.17) is 0 Å². The molecular weight excluding hydrogens is 220 g/mol. The normalized spacial score (nSPS) is 24.8. The van der Waals surface area contributed by atoms with Gasteiger partial charge in [0.15, 0.2) is 0 Å². The van der Waals surface area contributed by atoms with Gasteiger partial charge in [-0.25, -0.2) is 0 Å². The summed E-state index contributed by atoms with van der Waals surface area (Å²) in [7, 11) is 0. The van der Waals surface area contributed by atoms with Gasteiger partial charge in [-0.3, -0.25) is 0 Å². The summed E-state index contributed by atoms with van der Waals surface area (Å²) in [6, 6.07) is 0.612. The molecule has 0 spiro atoms. The van der Waals surface area contributed by atoms with Crippen molar-refractivity contribution >= 4 is 0 Å². The molecule has 2 nitrogen and oxygen atoms in total. The Morgan fingerprint density at radius 3 is 2.44 bits per heavy atom. The maximum atomic E-state index is 3.67. The second-order valence-corrected chi connectivity index (χ2v) is 6.98. The smallest absolute Gasteiger partial charge is 0.0243 e. The topological polar surface area (TPSA) is 15.3 Å². The number of hydrogen-bond acceptors (Lipinski definition) is 2. The third-order valence-corrected chi connectivity index (χ3v) is 4.45. The van der Waals surface area contributed by atoms with E-state index in [1.807, 2.05) is 0 Å². The van der Waals surface area contributed by atoms with E-state index in [1.165, 1.54) is 45.3 Å². The van der Waals surface area contributed by atoms with Crippen LogP contribution in [0.4, 0.5) is 0 Å². The van der Waals surface area contributed by atoms with Crippen LogP contribution in [-0.2, 0) is 0 Å². The zero-order chi connectivity index (χ0) is 13.6. The number of nitrogens with zero attached hydrogens (tertiary/aromatic N) is 1. The van der Waals surface area contributed by atoms with Crippen LogP contribution in [0, 0.1) is 11.3 Å². The maximum absolute atomic E-state index is 3.67. The minimum absolute atomic E-state index is 0.354. The Balaban J connectivity index is 2.48. The van der Waals surface area contributed by atoms with Gasteiger partial charge in [-0.05, 0) is 50.2 Å². The predicted octanol–water partition coefficient (Wildman–Crippen LogP) is 3.52. The van der Waals surface area contributed by atoms with Crippen molar-refractivity contribution in [1.82, 2.24) is 10.2 Å². The van der Waals surface area contributed by atoms with Crippen LogP contribution in [0.25, 0.3) is 0 Å². The molecule has 1 N–H and O–H groups in total. The van der Waals surface area contributed by atoms with Crippen LogP contribution in [0.5, 0.6) is 0 Å². The SMILES string of the molecule is CCNC(CN1CCCC(CC)CC1)C(C)(C)C. The fourth-order valence-electron chi connectivity index (χ4n) is 2.96. The van der Waals surface area contributed by atoms with Gasteiger partial charge in [0.2, 0.25) is 0 Å². The predicted molar refractivity (Wildman–Crippen MR) is 81.0 cm³/mol. The van der Waals surface area contributed by atoms with Crippen LogP contribution < -0.4 is 5.32 Å². The van der Waals surface area contributed by atoms with E-state index < -0.39 is 0 Å². The molecule has 0 bridgehead atoms. The number of hydrogen-bond donors (Lipinski definition) is 1. The molecule has 2 atom stereocenters. The Hall–Kier alpha value is -0.0800. The summed E-state index contributed by atoms with van der Waals surface area (Å²) in [4.78, 5) is 2.69. The molecule has 1 fully saturated rings. The minimum atomic E-state index is 0.354. The lowest BCUT2D eigenvalue weighted by atomic mass is 9.86. The molecule has 0 aromatic carbocycles. The third kappa shape index (κ3) is 5.27. The van der Waals surface area contributed by atoms with E-state index in [0.29, 0.717) is 11.5 Å². The molecule has 1 heterocycles. The number of rotatable bonds is 5. The Morgan fingerprint density at radius 1 is 1.17 bits per heavy atom. The fraction of sp³-hybridized carbons (Fsp3) is 1.00. The molecule has 18 heavy (non-hydrogen) atoms. The van der Waals surface area contributed by atoms with Crippen molar-refractivity contribution in [2.75, 3.05) is 26.2 Å². The summed E-state index contributed by atoms with van der Waals surface area (Å²) < 4.78 is 0. The summed E-state index contributed by atoms with van der Waals surface area (Å²) in [6.07, 6.45) is 5.60. The summed E-state index contributed by atoms with van der Waals surface area (Å²) in [5.74, 6) is 0.974. The Kier molecular flexibility index (Phi) is 6.65. The highest BCUT2D eigenvalue weighted by Gasteiger charge is 2.26. The molecule has 1 aliphatic heterocycles. The number of likely N-dealkylation sites (N-methyl/N-ethyl adjacent to an activating group) is 1. The molecule has 2 heteroatoms. The van der Waals surface area contributed by atoms with E-state index in [9.17, 15) is 0 Å². The molecule has 0 amide bonds. The highest BCUT2D eigenvalue weighted by Crippen LogP contribution is 2.24. The van der Waals surface area contributed by atoms with Crippen LogP contribution >= 0.6 is 0 Å². The summed E-state index contributed by atoms with van der Waals surface area (Å²) in [5.41, 5.74) is 0.354. The second-order valence-electron chi connectivity index (χ2n) is 6.98. The first-order valence-electron chi connectivity index (χ1n) is 7.93. The lowest BCUT2D eigenvalue weighted by Crippen LogP contribution is -2.48. The van der Waals surface area contributed by atoms with Crippen molar-refractivity contribution < 1.29 is 0 Å². The quantitative estimate of drug-likeness (QED) is 0.807. The molecule has 108 valence electrons. The highest BCUT2D eigenvalue weighted by molar-refractivity contribution is 4.84. The molecular formula is C16H34N2.